The number of aliphatic hydroxyl groups is 1. The summed E-state index contributed by atoms with van der Waals surface area (Å²) in [6, 6.07) is 3.65. The van der Waals surface area contributed by atoms with Crippen LogP contribution in [0.1, 0.15) is 124 Å². The first-order valence-corrected chi connectivity index (χ1v) is 21.3. The lowest BCUT2D eigenvalue weighted by Gasteiger charge is -2.44. The summed E-state index contributed by atoms with van der Waals surface area (Å²) in [5.41, 5.74) is 3.28. The van der Waals surface area contributed by atoms with Crippen molar-refractivity contribution in [3.63, 3.8) is 0 Å². The summed E-state index contributed by atoms with van der Waals surface area (Å²) in [6.45, 7) is 9.27. The summed E-state index contributed by atoms with van der Waals surface area (Å²) in [5, 5.41) is 34.3. The van der Waals surface area contributed by atoms with Gasteiger partial charge in [-0.05, 0) is 131 Å². The Morgan fingerprint density at radius 1 is 1.07 bits per heavy atom. The minimum absolute atomic E-state index is 0.152. The number of esters is 2. The van der Waals surface area contributed by atoms with Crippen LogP contribution in [0.5, 0.6) is 5.75 Å². The molecule has 13 nitrogen and oxygen atoms in total. The lowest BCUT2D eigenvalue weighted by molar-refractivity contribution is -0.711. The number of fused-ring (bicyclic) bond motifs is 1. The maximum Gasteiger partial charge on any atom is 0.316 e. The molecule has 1 unspecified atom stereocenters. The molecule has 0 saturated heterocycles. The Hall–Kier alpha value is -3.78. The van der Waals surface area contributed by atoms with E-state index in [0.717, 1.165) is 49.3 Å². The molecule has 0 aromatic heterocycles. The highest BCUT2D eigenvalue weighted by Crippen LogP contribution is 2.60. The van der Waals surface area contributed by atoms with E-state index in [9.17, 15) is 34.9 Å². The Bertz CT molecular complexity index is 1640. The number of anilines is 1. The Morgan fingerprint density at radius 2 is 1.86 bits per heavy atom. The Labute approximate surface area is 339 Å². The molecule has 0 spiro atoms. The fraction of sp³-hybridized carbons (Fsp3) is 0.667. The van der Waals surface area contributed by atoms with Gasteiger partial charge in [0.2, 0.25) is 0 Å². The number of carbonyl (C=O) groups excluding carboxylic acids is 2. The van der Waals surface area contributed by atoms with Gasteiger partial charge in [0.05, 0.1) is 10.5 Å². The molecule has 310 valence electrons. The SMILES string of the molecule is C[C@H](CCCC(C)(C)O)[C@H]1CCC2C(=CC=C3C[C@@H](OC(=O)CBr)CCC3=CCOC(=O)CCCCCNc3ccc(O[N+](=O)[O-])cc3[N+](=O)[O-])CCC[C@@]21C. The second-order valence-corrected chi connectivity index (χ2v) is 17.2. The van der Waals surface area contributed by atoms with Crippen LogP contribution in [0.25, 0.3) is 0 Å². The molecule has 5 atom stereocenters. The molecule has 4 rings (SSSR count). The summed E-state index contributed by atoms with van der Waals surface area (Å²) >= 11 is 3.21. The lowest BCUT2D eigenvalue weighted by Crippen LogP contribution is -2.36. The molecule has 0 radical (unpaired) electrons. The van der Waals surface area contributed by atoms with Crippen molar-refractivity contribution in [1.82, 2.24) is 0 Å². The van der Waals surface area contributed by atoms with Gasteiger partial charge >= 0.3 is 11.9 Å². The highest BCUT2D eigenvalue weighted by atomic mass is 79.9. The van der Waals surface area contributed by atoms with E-state index >= 15 is 0 Å². The van der Waals surface area contributed by atoms with Gasteiger partial charge in [0.15, 0.2) is 0 Å². The number of carbonyl (C=O) groups is 2. The molecule has 3 aliphatic rings. The number of unbranched alkanes of at least 4 members (excludes halogenated alkanes) is 2. The van der Waals surface area contributed by atoms with E-state index < -0.39 is 15.6 Å². The summed E-state index contributed by atoms with van der Waals surface area (Å²) in [4.78, 5) is 50.4. The number of hydrogen-bond acceptors (Lipinski definition) is 11. The number of nitro benzene ring substituents is 1. The van der Waals surface area contributed by atoms with Crippen molar-refractivity contribution in [2.75, 3.05) is 23.8 Å². The zero-order valence-corrected chi connectivity index (χ0v) is 35.0. The maximum absolute atomic E-state index is 12.6. The average molecular weight is 847 g/mol. The third-order valence-electron chi connectivity index (χ3n) is 12.0. The van der Waals surface area contributed by atoms with Gasteiger partial charge in [-0.3, -0.25) is 24.5 Å². The number of nitrogens with one attached hydrogen (secondary N) is 1. The largest absolute Gasteiger partial charge is 0.461 e. The van der Waals surface area contributed by atoms with E-state index in [4.69, 9.17) is 9.47 Å². The molecular weight excluding hydrogens is 786 g/mol. The first kappa shape index (κ1) is 44.9. The maximum atomic E-state index is 12.6. The van der Waals surface area contributed by atoms with E-state index in [-0.39, 0.29) is 58.9 Å². The predicted molar refractivity (Wildman–Crippen MR) is 218 cm³/mol. The van der Waals surface area contributed by atoms with Crippen molar-refractivity contribution in [2.24, 2.45) is 23.2 Å². The van der Waals surface area contributed by atoms with Crippen LogP contribution < -0.4 is 10.2 Å². The molecule has 0 amide bonds. The normalized spacial score (nSPS) is 25.1. The first-order valence-electron chi connectivity index (χ1n) is 20.2. The lowest BCUT2D eigenvalue weighted by atomic mass is 9.60. The van der Waals surface area contributed by atoms with E-state index in [1.807, 2.05) is 19.9 Å². The minimum atomic E-state index is -1.03. The monoisotopic (exact) mass is 845 g/mol. The number of ether oxygens (including phenoxy) is 2. The van der Waals surface area contributed by atoms with Crippen molar-refractivity contribution in [3.05, 3.63) is 73.4 Å². The second kappa shape index (κ2) is 21.1. The molecule has 3 aliphatic carbocycles. The third-order valence-corrected chi connectivity index (χ3v) is 12.4. The second-order valence-electron chi connectivity index (χ2n) is 16.6. The minimum Gasteiger partial charge on any atom is -0.461 e. The fourth-order valence-corrected chi connectivity index (χ4v) is 9.35. The molecule has 3 saturated carbocycles. The molecule has 1 aromatic carbocycles. The highest BCUT2D eigenvalue weighted by Gasteiger charge is 2.50. The van der Waals surface area contributed by atoms with Crippen LogP contribution in [0.2, 0.25) is 0 Å². The molecule has 56 heavy (non-hydrogen) atoms. The molecule has 3 fully saturated rings. The third kappa shape index (κ3) is 13.4. The van der Waals surface area contributed by atoms with Crippen molar-refractivity contribution in [3.8, 4) is 5.75 Å². The number of halogens is 1. The Balaban J connectivity index is 1.31. The Kier molecular flexibility index (Phi) is 16.9. The number of hydrogen-bond donors (Lipinski definition) is 2. The van der Waals surface area contributed by atoms with Crippen molar-refractivity contribution in [1.29, 1.82) is 0 Å². The van der Waals surface area contributed by atoms with E-state index in [1.165, 1.54) is 43.4 Å². The van der Waals surface area contributed by atoms with E-state index in [1.54, 1.807) is 0 Å². The standard InChI is InChI=1S/C42H60BrN3O10/c1-29(10-8-22-41(2,3)49)35-18-19-36-31(11-9-23-42(35,36)4)13-14-32-26-33(55-40(48)28-43)16-15-30(32)21-25-54-39(47)12-6-5-7-24-44-37-20-17-34(56-46(52)53)27-38(37)45(50)51/h13-14,17,20-21,27,29,33,35-36,44,49H,5-12,15-16,18-19,22-26,28H2,1-4H3/t29-,33+,35-,36?,42-/m1/s1. The number of nitro groups is 1. The molecule has 0 heterocycles. The van der Waals surface area contributed by atoms with Gasteiger partial charge in [-0.15, -0.1) is 10.1 Å². The zero-order chi connectivity index (χ0) is 40.9. The summed E-state index contributed by atoms with van der Waals surface area (Å²) in [5.74, 6) is 1.02. The molecule has 2 N–H and O–H groups in total. The van der Waals surface area contributed by atoms with Crippen LogP contribution in [-0.4, -0.2) is 57.2 Å². The van der Waals surface area contributed by atoms with Crippen molar-refractivity contribution >= 4 is 39.2 Å². The number of rotatable bonds is 20. The number of alkyl halides is 1. The molecule has 1 aromatic rings. The zero-order valence-electron chi connectivity index (χ0n) is 33.4. The van der Waals surface area contributed by atoms with Crippen LogP contribution in [0.4, 0.5) is 11.4 Å². The molecular formula is C42H60BrN3O10. The quantitative estimate of drug-likeness (QED) is 0.0419. The van der Waals surface area contributed by atoms with Gasteiger partial charge in [0.25, 0.3) is 10.8 Å². The number of benzene rings is 1. The van der Waals surface area contributed by atoms with Crippen LogP contribution in [-0.2, 0) is 19.1 Å². The molecule has 14 heteroatoms. The highest BCUT2D eigenvalue weighted by molar-refractivity contribution is 9.09. The number of nitrogens with zero attached hydrogens (tertiary/aromatic N) is 2. The van der Waals surface area contributed by atoms with Gasteiger partial charge in [0.1, 0.15) is 29.5 Å². The molecule has 0 bridgehead atoms. The molecule has 0 aliphatic heterocycles. The summed E-state index contributed by atoms with van der Waals surface area (Å²) in [6.07, 6.45) is 19.5. The average Bonchev–Trinajstić information content (AvgIpc) is 3.50. The summed E-state index contributed by atoms with van der Waals surface area (Å²) in [7, 11) is 0. The van der Waals surface area contributed by atoms with Gasteiger partial charge in [-0.2, -0.15) is 0 Å². The van der Waals surface area contributed by atoms with Gasteiger partial charge in [-0.1, -0.05) is 66.8 Å². The van der Waals surface area contributed by atoms with Crippen LogP contribution >= 0.6 is 15.9 Å². The Morgan fingerprint density at radius 3 is 2.57 bits per heavy atom. The van der Waals surface area contributed by atoms with Gasteiger partial charge in [-0.25, -0.2) is 0 Å². The smallest absolute Gasteiger partial charge is 0.316 e. The first-order chi connectivity index (χ1) is 26.6. The van der Waals surface area contributed by atoms with Crippen LogP contribution in [0, 0.1) is 43.4 Å². The predicted octanol–water partition coefficient (Wildman–Crippen LogP) is 9.74. The van der Waals surface area contributed by atoms with Crippen LogP contribution in [0.15, 0.2) is 53.1 Å². The van der Waals surface area contributed by atoms with Crippen molar-refractivity contribution in [2.45, 2.75) is 136 Å². The van der Waals surface area contributed by atoms with Gasteiger partial charge < -0.3 is 19.9 Å². The van der Waals surface area contributed by atoms with Gasteiger partial charge in [0, 0.05) is 25.5 Å². The number of allylic oxidation sites excluding steroid dienone is 4. The summed E-state index contributed by atoms with van der Waals surface area (Å²) < 4.78 is 11.3. The van der Waals surface area contributed by atoms with Crippen molar-refractivity contribution < 1.29 is 39.0 Å². The topological polar surface area (TPSA) is 180 Å². The van der Waals surface area contributed by atoms with E-state index in [0.29, 0.717) is 56.4 Å². The fourth-order valence-electron chi connectivity index (χ4n) is 9.22. The van der Waals surface area contributed by atoms with E-state index in [2.05, 4.69) is 52.1 Å². The van der Waals surface area contributed by atoms with Crippen LogP contribution in [0.3, 0.4) is 0 Å².